The van der Waals surface area contributed by atoms with Crippen LogP contribution in [0.2, 0.25) is 0 Å². The van der Waals surface area contributed by atoms with Crippen molar-refractivity contribution < 1.29 is 27.4 Å². The van der Waals surface area contributed by atoms with E-state index in [1.807, 2.05) is 19.1 Å². The minimum Gasteiger partial charge on any atom is -0.483 e. The summed E-state index contributed by atoms with van der Waals surface area (Å²) in [7, 11) is 0. The Morgan fingerprint density at radius 1 is 1.09 bits per heavy atom. The highest BCUT2D eigenvalue weighted by molar-refractivity contribution is 5.91. The van der Waals surface area contributed by atoms with Crippen molar-refractivity contribution >= 4 is 11.6 Å². The molecule has 0 aliphatic carbocycles. The summed E-state index contributed by atoms with van der Waals surface area (Å²) < 4.78 is 45.2. The molecular weight excluding hydrogens is 311 g/mol. The van der Waals surface area contributed by atoms with Crippen molar-refractivity contribution in [1.82, 2.24) is 0 Å². The average Bonchev–Trinajstić information content (AvgIpc) is 2.47. The van der Waals surface area contributed by atoms with E-state index < -0.39 is 12.3 Å². The fraction of sp³-hybridized carbons (Fsp3) is 0.188. The normalized spacial score (nSPS) is 11.0. The molecule has 2 aromatic rings. The third-order valence-electron chi connectivity index (χ3n) is 2.82. The molecule has 0 fully saturated rings. The molecule has 0 unspecified atom stereocenters. The number of halogens is 3. The van der Waals surface area contributed by atoms with Crippen molar-refractivity contribution in [1.29, 1.82) is 0 Å². The fourth-order valence-corrected chi connectivity index (χ4v) is 1.80. The second kappa shape index (κ2) is 7.04. The Labute approximate surface area is 130 Å². The summed E-state index contributed by atoms with van der Waals surface area (Å²) in [5.74, 6) is -0.180. The molecule has 2 rings (SSSR count). The predicted octanol–water partition coefficient (Wildman–Crippen LogP) is 3.91. The first-order valence-corrected chi connectivity index (χ1v) is 6.67. The van der Waals surface area contributed by atoms with Crippen molar-refractivity contribution in [2.75, 3.05) is 11.9 Å². The smallest absolute Gasteiger partial charge is 0.483 e. The van der Waals surface area contributed by atoms with Crippen LogP contribution in [0.1, 0.15) is 5.56 Å². The van der Waals surface area contributed by atoms with Crippen LogP contribution in [0.3, 0.4) is 0 Å². The Kier molecular flexibility index (Phi) is 5.10. The number of alkyl halides is 3. The van der Waals surface area contributed by atoms with Gasteiger partial charge in [0.15, 0.2) is 6.61 Å². The van der Waals surface area contributed by atoms with Crippen LogP contribution in [0.15, 0.2) is 48.5 Å². The summed E-state index contributed by atoms with van der Waals surface area (Å²) in [4.78, 5) is 11.8. The van der Waals surface area contributed by atoms with Crippen LogP contribution in [0.5, 0.6) is 11.5 Å². The zero-order valence-corrected chi connectivity index (χ0v) is 12.2. The molecule has 0 saturated carbocycles. The molecule has 4 nitrogen and oxygen atoms in total. The van der Waals surface area contributed by atoms with Gasteiger partial charge < -0.3 is 14.8 Å². The van der Waals surface area contributed by atoms with E-state index in [0.29, 0.717) is 11.4 Å². The zero-order valence-electron chi connectivity index (χ0n) is 12.2. The Balaban J connectivity index is 1.87. The lowest BCUT2D eigenvalue weighted by Gasteiger charge is -2.11. The van der Waals surface area contributed by atoms with Gasteiger partial charge in [-0.05, 0) is 42.8 Å². The molecule has 0 bridgehead atoms. The van der Waals surface area contributed by atoms with Gasteiger partial charge in [0.2, 0.25) is 0 Å². The first-order valence-electron chi connectivity index (χ1n) is 6.67. The number of aryl methyl sites for hydroxylation is 1. The van der Waals surface area contributed by atoms with E-state index in [1.165, 1.54) is 12.1 Å². The average molecular weight is 325 g/mol. The summed E-state index contributed by atoms with van der Waals surface area (Å²) in [6, 6.07) is 12.1. The maximum atomic E-state index is 12.0. The van der Waals surface area contributed by atoms with Crippen LogP contribution in [-0.2, 0) is 4.79 Å². The van der Waals surface area contributed by atoms with Crippen LogP contribution in [-0.4, -0.2) is 18.9 Å². The number of para-hydroxylation sites is 1. The Morgan fingerprint density at radius 2 is 1.74 bits per heavy atom. The molecule has 0 radical (unpaired) electrons. The lowest BCUT2D eigenvalue weighted by Crippen LogP contribution is -2.20. The molecular formula is C16H14F3NO3. The fourth-order valence-electron chi connectivity index (χ4n) is 1.80. The number of carbonyl (C=O) groups is 1. The van der Waals surface area contributed by atoms with Gasteiger partial charge in [0.25, 0.3) is 5.91 Å². The number of benzene rings is 2. The molecule has 1 N–H and O–H groups in total. The van der Waals surface area contributed by atoms with Crippen LogP contribution in [0, 0.1) is 6.92 Å². The van der Waals surface area contributed by atoms with Crippen LogP contribution in [0.25, 0.3) is 0 Å². The quantitative estimate of drug-likeness (QED) is 0.906. The van der Waals surface area contributed by atoms with Crippen LogP contribution < -0.4 is 14.8 Å². The summed E-state index contributed by atoms with van der Waals surface area (Å²) in [5, 5.41) is 2.52. The molecule has 0 aromatic heterocycles. The lowest BCUT2D eigenvalue weighted by molar-refractivity contribution is -0.274. The summed E-state index contributed by atoms with van der Waals surface area (Å²) in [5.41, 5.74) is 1.24. The van der Waals surface area contributed by atoms with Gasteiger partial charge in [-0.15, -0.1) is 13.2 Å². The van der Waals surface area contributed by atoms with E-state index in [9.17, 15) is 18.0 Å². The van der Waals surface area contributed by atoms with E-state index >= 15 is 0 Å². The molecule has 1 amide bonds. The second-order valence-corrected chi connectivity index (χ2v) is 4.67. The van der Waals surface area contributed by atoms with Crippen molar-refractivity contribution in [3.63, 3.8) is 0 Å². The van der Waals surface area contributed by atoms with Crippen LogP contribution in [0.4, 0.5) is 18.9 Å². The number of ether oxygens (including phenoxy) is 2. The zero-order chi connectivity index (χ0) is 16.9. The molecule has 0 heterocycles. The molecule has 0 aliphatic heterocycles. The second-order valence-electron chi connectivity index (χ2n) is 4.67. The van der Waals surface area contributed by atoms with E-state index in [2.05, 4.69) is 10.1 Å². The molecule has 122 valence electrons. The van der Waals surface area contributed by atoms with Crippen molar-refractivity contribution in [2.24, 2.45) is 0 Å². The maximum Gasteiger partial charge on any atom is 0.573 e. The monoisotopic (exact) mass is 325 g/mol. The molecule has 7 heteroatoms. The molecule has 23 heavy (non-hydrogen) atoms. The Bertz CT molecular complexity index is 669. The molecule has 0 saturated heterocycles. The molecule has 0 spiro atoms. The third-order valence-corrected chi connectivity index (χ3v) is 2.82. The maximum absolute atomic E-state index is 12.0. The summed E-state index contributed by atoms with van der Waals surface area (Å²) >= 11 is 0. The van der Waals surface area contributed by atoms with Gasteiger partial charge in [-0.1, -0.05) is 18.2 Å². The molecule has 0 atom stereocenters. The van der Waals surface area contributed by atoms with Gasteiger partial charge in [-0.3, -0.25) is 4.79 Å². The van der Waals surface area contributed by atoms with Gasteiger partial charge in [0.1, 0.15) is 11.5 Å². The number of anilines is 1. The van der Waals surface area contributed by atoms with Crippen molar-refractivity contribution in [2.45, 2.75) is 13.3 Å². The SMILES string of the molecule is Cc1ccccc1OCC(=O)Nc1ccc(OC(F)(F)F)cc1. The Morgan fingerprint density at radius 3 is 2.35 bits per heavy atom. The van der Waals surface area contributed by atoms with Gasteiger partial charge >= 0.3 is 6.36 Å². The van der Waals surface area contributed by atoms with Crippen LogP contribution >= 0.6 is 0 Å². The van der Waals surface area contributed by atoms with E-state index in [-0.39, 0.29) is 12.4 Å². The highest BCUT2D eigenvalue weighted by Crippen LogP contribution is 2.24. The van der Waals surface area contributed by atoms with E-state index in [0.717, 1.165) is 17.7 Å². The largest absolute Gasteiger partial charge is 0.573 e. The highest BCUT2D eigenvalue weighted by Gasteiger charge is 2.30. The van der Waals surface area contributed by atoms with Crippen molar-refractivity contribution in [3.8, 4) is 11.5 Å². The summed E-state index contributed by atoms with van der Waals surface area (Å²) in [6.45, 7) is 1.65. The van der Waals surface area contributed by atoms with Crippen molar-refractivity contribution in [3.05, 3.63) is 54.1 Å². The number of nitrogens with one attached hydrogen (secondary N) is 1. The molecule has 0 aliphatic rings. The third kappa shape index (κ3) is 5.54. The highest BCUT2D eigenvalue weighted by atomic mass is 19.4. The van der Waals surface area contributed by atoms with Gasteiger partial charge in [0, 0.05) is 5.69 Å². The predicted molar refractivity (Wildman–Crippen MR) is 78.4 cm³/mol. The molecule has 2 aromatic carbocycles. The van der Waals surface area contributed by atoms with Gasteiger partial charge in [-0.25, -0.2) is 0 Å². The Hall–Kier alpha value is -2.70. The number of carbonyl (C=O) groups excluding carboxylic acids is 1. The number of rotatable bonds is 5. The van der Waals surface area contributed by atoms with Gasteiger partial charge in [-0.2, -0.15) is 0 Å². The van der Waals surface area contributed by atoms with Gasteiger partial charge in [0.05, 0.1) is 0 Å². The van der Waals surface area contributed by atoms with E-state index in [4.69, 9.17) is 4.74 Å². The number of hydrogen-bond donors (Lipinski definition) is 1. The van der Waals surface area contributed by atoms with E-state index in [1.54, 1.807) is 12.1 Å². The first kappa shape index (κ1) is 16.7. The first-order chi connectivity index (χ1) is 10.8. The minimum atomic E-state index is -4.74. The number of hydrogen-bond acceptors (Lipinski definition) is 3. The number of amides is 1. The summed E-state index contributed by atoms with van der Waals surface area (Å²) in [6.07, 6.45) is -4.74. The topological polar surface area (TPSA) is 47.6 Å². The minimum absolute atomic E-state index is 0.203. The lowest BCUT2D eigenvalue weighted by atomic mass is 10.2. The standard InChI is InChI=1S/C16H14F3NO3/c1-11-4-2-3-5-14(11)22-10-15(21)20-12-6-8-13(9-7-12)23-16(17,18)19/h2-9H,10H2,1H3,(H,20,21).